The highest BCUT2D eigenvalue weighted by Gasteiger charge is 1.85. The van der Waals surface area contributed by atoms with Crippen LogP contribution in [0, 0.1) is 0 Å². The van der Waals surface area contributed by atoms with Crippen LogP contribution in [0.2, 0.25) is 0 Å². The van der Waals surface area contributed by atoms with Crippen LogP contribution < -0.4 is 22.5 Å². The molecule has 0 atom stereocenters. The van der Waals surface area contributed by atoms with Gasteiger partial charge in [-0.15, -0.1) is 0 Å². The van der Waals surface area contributed by atoms with Gasteiger partial charge in [0, 0.05) is 6.54 Å². The summed E-state index contributed by atoms with van der Waals surface area (Å²) in [5.74, 6) is 10.4. The molecule has 5 heteroatoms. The van der Waals surface area contributed by atoms with Crippen LogP contribution in [0.4, 0.5) is 0 Å². The third kappa shape index (κ3) is 3.75. The minimum absolute atomic E-state index is 0.414. The first-order valence-electron chi connectivity index (χ1n) is 2.82. The van der Waals surface area contributed by atoms with Crippen molar-refractivity contribution in [3.05, 3.63) is 0 Å². The van der Waals surface area contributed by atoms with Crippen LogP contribution in [0.25, 0.3) is 0 Å². The standard InChI is InChI=1S/C4H13N5/c1-2-3-7-4(8-5)9-6/h2-3,5-6H2,1H3,(H2,7,8,9). The average Bonchev–Trinajstić information content (AvgIpc) is 1.91. The SMILES string of the molecule is CCCN=C(NN)NN. The molecule has 0 amide bonds. The van der Waals surface area contributed by atoms with Gasteiger partial charge < -0.3 is 0 Å². The number of nitrogens with one attached hydrogen (secondary N) is 2. The van der Waals surface area contributed by atoms with E-state index in [9.17, 15) is 0 Å². The van der Waals surface area contributed by atoms with Crippen LogP contribution >= 0.6 is 0 Å². The van der Waals surface area contributed by atoms with Gasteiger partial charge in [-0.3, -0.25) is 15.8 Å². The molecule has 0 aliphatic heterocycles. The zero-order valence-corrected chi connectivity index (χ0v) is 5.52. The second-order valence-electron chi connectivity index (χ2n) is 1.52. The topological polar surface area (TPSA) is 88.5 Å². The van der Waals surface area contributed by atoms with E-state index in [4.69, 9.17) is 11.7 Å². The molecule has 5 nitrogen and oxygen atoms in total. The van der Waals surface area contributed by atoms with Crippen LogP contribution in [0.3, 0.4) is 0 Å². The minimum Gasteiger partial charge on any atom is -0.293 e. The van der Waals surface area contributed by atoms with Crippen LogP contribution in [0.5, 0.6) is 0 Å². The van der Waals surface area contributed by atoms with E-state index in [-0.39, 0.29) is 0 Å². The van der Waals surface area contributed by atoms with Crippen molar-refractivity contribution in [1.82, 2.24) is 10.9 Å². The molecule has 6 N–H and O–H groups in total. The molecule has 0 aromatic heterocycles. The van der Waals surface area contributed by atoms with E-state index in [1.807, 2.05) is 6.92 Å². The largest absolute Gasteiger partial charge is 0.293 e. The molecule has 0 fully saturated rings. The summed E-state index contributed by atoms with van der Waals surface area (Å²) in [6.07, 6.45) is 0.979. The summed E-state index contributed by atoms with van der Waals surface area (Å²) >= 11 is 0. The monoisotopic (exact) mass is 131 g/mol. The molecule has 0 saturated heterocycles. The van der Waals surface area contributed by atoms with Crippen molar-refractivity contribution in [2.75, 3.05) is 6.54 Å². The molecule has 0 unspecified atom stereocenters. The number of nitrogens with zero attached hydrogens (tertiary/aromatic N) is 1. The molecule has 0 aromatic rings. The molecular weight excluding hydrogens is 118 g/mol. The molecule has 0 rings (SSSR count). The highest BCUT2D eigenvalue weighted by Crippen LogP contribution is 1.75. The predicted molar refractivity (Wildman–Crippen MR) is 37.2 cm³/mol. The molecule has 0 heterocycles. The van der Waals surface area contributed by atoms with Crippen LogP contribution in [-0.2, 0) is 0 Å². The van der Waals surface area contributed by atoms with Crippen molar-refractivity contribution >= 4 is 5.96 Å². The van der Waals surface area contributed by atoms with Gasteiger partial charge in [0.05, 0.1) is 0 Å². The Morgan fingerprint density at radius 3 is 2.33 bits per heavy atom. The minimum atomic E-state index is 0.414. The summed E-state index contributed by atoms with van der Waals surface area (Å²) in [6.45, 7) is 2.75. The molecule has 0 aliphatic carbocycles. The van der Waals surface area contributed by atoms with Crippen LogP contribution in [0.1, 0.15) is 13.3 Å². The number of guanidine groups is 1. The highest BCUT2D eigenvalue weighted by molar-refractivity contribution is 5.78. The molecule has 0 radical (unpaired) electrons. The van der Waals surface area contributed by atoms with Crippen molar-refractivity contribution in [2.45, 2.75) is 13.3 Å². The lowest BCUT2D eigenvalue weighted by atomic mass is 10.5. The Morgan fingerprint density at radius 1 is 1.44 bits per heavy atom. The Balaban J connectivity index is 3.48. The number of hydrogen-bond donors (Lipinski definition) is 4. The van der Waals surface area contributed by atoms with Gasteiger partial charge in [0.1, 0.15) is 0 Å². The van der Waals surface area contributed by atoms with Gasteiger partial charge in [0.15, 0.2) is 0 Å². The average molecular weight is 131 g/mol. The van der Waals surface area contributed by atoms with E-state index in [1.165, 1.54) is 0 Å². The highest BCUT2D eigenvalue weighted by atomic mass is 15.4. The second-order valence-corrected chi connectivity index (χ2v) is 1.52. The van der Waals surface area contributed by atoms with Crippen molar-refractivity contribution in [3.63, 3.8) is 0 Å². The lowest BCUT2D eigenvalue weighted by Crippen LogP contribution is -2.45. The Morgan fingerprint density at radius 2 is 2.00 bits per heavy atom. The quantitative estimate of drug-likeness (QED) is 0.162. The maximum atomic E-state index is 5.00. The Bertz CT molecular complexity index is 83.0. The van der Waals surface area contributed by atoms with E-state index < -0.39 is 0 Å². The van der Waals surface area contributed by atoms with Gasteiger partial charge in [0.2, 0.25) is 5.96 Å². The number of rotatable bonds is 2. The number of hydrazine groups is 2. The number of nitrogens with two attached hydrogens (primary N) is 2. The summed E-state index contributed by atoms with van der Waals surface area (Å²) in [6, 6.07) is 0. The van der Waals surface area contributed by atoms with Gasteiger partial charge in [-0.1, -0.05) is 6.92 Å². The fourth-order valence-corrected chi connectivity index (χ4v) is 0.357. The van der Waals surface area contributed by atoms with Gasteiger partial charge in [0.25, 0.3) is 0 Å². The zero-order chi connectivity index (χ0) is 7.11. The fourth-order valence-electron chi connectivity index (χ4n) is 0.357. The van der Waals surface area contributed by atoms with Gasteiger partial charge in [-0.25, -0.2) is 11.7 Å². The van der Waals surface area contributed by atoms with E-state index in [2.05, 4.69) is 15.8 Å². The summed E-state index contributed by atoms with van der Waals surface area (Å²) in [4.78, 5) is 3.92. The normalized spacial score (nSPS) is 8.33. The lowest BCUT2D eigenvalue weighted by Gasteiger charge is -2.01. The van der Waals surface area contributed by atoms with E-state index in [0.717, 1.165) is 13.0 Å². The van der Waals surface area contributed by atoms with Crippen molar-refractivity contribution in [2.24, 2.45) is 16.7 Å². The summed E-state index contributed by atoms with van der Waals surface area (Å²) in [7, 11) is 0. The van der Waals surface area contributed by atoms with Gasteiger partial charge >= 0.3 is 0 Å². The first-order valence-corrected chi connectivity index (χ1v) is 2.82. The van der Waals surface area contributed by atoms with Gasteiger partial charge in [-0.2, -0.15) is 0 Å². The van der Waals surface area contributed by atoms with E-state index in [0.29, 0.717) is 5.96 Å². The van der Waals surface area contributed by atoms with E-state index >= 15 is 0 Å². The maximum absolute atomic E-state index is 5.00. The summed E-state index contributed by atoms with van der Waals surface area (Å²) in [5.41, 5.74) is 4.60. The fraction of sp³-hybridized carbons (Fsp3) is 0.750. The molecular formula is C4H13N5. The first-order chi connectivity index (χ1) is 4.35. The molecule has 0 aromatic carbocycles. The number of hydrogen-bond acceptors (Lipinski definition) is 3. The smallest absolute Gasteiger partial charge is 0.220 e. The third-order valence-electron chi connectivity index (χ3n) is 0.767. The predicted octanol–water partition coefficient (Wildman–Crippen LogP) is -1.32. The summed E-state index contributed by atoms with van der Waals surface area (Å²) < 4.78 is 0. The molecule has 0 spiro atoms. The maximum Gasteiger partial charge on any atom is 0.220 e. The van der Waals surface area contributed by atoms with Crippen molar-refractivity contribution in [1.29, 1.82) is 0 Å². The van der Waals surface area contributed by atoms with E-state index in [1.54, 1.807) is 0 Å². The van der Waals surface area contributed by atoms with Crippen molar-refractivity contribution < 1.29 is 0 Å². The third-order valence-corrected chi connectivity index (χ3v) is 0.767. The molecule has 0 bridgehead atoms. The zero-order valence-electron chi connectivity index (χ0n) is 5.52. The van der Waals surface area contributed by atoms with Gasteiger partial charge in [-0.05, 0) is 6.42 Å². The second kappa shape index (κ2) is 5.33. The lowest BCUT2D eigenvalue weighted by molar-refractivity contribution is 0.847. The molecule has 9 heavy (non-hydrogen) atoms. The molecule has 54 valence electrons. The Kier molecular flexibility index (Phi) is 4.85. The number of aliphatic imine (C=N–C) groups is 1. The van der Waals surface area contributed by atoms with Crippen LogP contribution in [-0.4, -0.2) is 12.5 Å². The molecule has 0 saturated carbocycles. The van der Waals surface area contributed by atoms with Crippen LogP contribution in [0.15, 0.2) is 4.99 Å². The summed E-state index contributed by atoms with van der Waals surface area (Å²) in [5, 5.41) is 0. The Hall–Kier alpha value is -0.810. The Labute approximate surface area is 54.4 Å². The molecule has 0 aliphatic rings. The first kappa shape index (κ1) is 8.19. The van der Waals surface area contributed by atoms with Crippen molar-refractivity contribution in [3.8, 4) is 0 Å².